The summed E-state index contributed by atoms with van der Waals surface area (Å²) in [6.45, 7) is 1.94. The standard InChI is InChI=1S/C13H11ClF3N/c1-2-4-8-7-11(14)9-5-3-6-10(12(9)18-8)13(15,16)17/h3,5-7H,2,4H2,1H3. The number of benzene rings is 1. The van der Waals surface area contributed by atoms with Crippen molar-refractivity contribution in [2.45, 2.75) is 25.9 Å². The summed E-state index contributed by atoms with van der Waals surface area (Å²) in [5.41, 5.74) is -0.215. The molecule has 96 valence electrons. The molecule has 0 spiro atoms. The molecule has 0 aliphatic carbocycles. The quantitative estimate of drug-likeness (QED) is 0.761. The lowest BCUT2D eigenvalue weighted by molar-refractivity contribution is -0.136. The van der Waals surface area contributed by atoms with Crippen molar-refractivity contribution in [2.24, 2.45) is 0 Å². The smallest absolute Gasteiger partial charge is 0.252 e. The number of rotatable bonds is 2. The molecule has 5 heteroatoms. The molecule has 0 atom stereocenters. The van der Waals surface area contributed by atoms with Crippen molar-refractivity contribution >= 4 is 22.5 Å². The molecular formula is C13H11ClF3N. The first-order chi connectivity index (χ1) is 8.43. The van der Waals surface area contributed by atoms with Crippen LogP contribution in [0.4, 0.5) is 13.2 Å². The minimum Gasteiger partial charge on any atom is -0.252 e. The first-order valence-electron chi connectivity index (χ1n) is 5.59. The van der Waals surface area contributed by atoms with E-state index in [1.165, 1.54) is 6.07 Å². The molecule has 0 N–H and O–H groups in total. The molecule has 0 radical (unpaired) electrons. The number of hydrogen-bond acceptors (Lipinski definition) is 1. The zero-order valence-electron chi connectivity index (χ0n) is 9.68. The van der Waals surface area contributed by atoms with Crippen molar-refractivity contribution in [1.29, 1.82) is 0 Å². The van der Waals surface area contributed by atoms with E-state index in [1.807, 2.05) is 6.92 Å². The van der Waals surface area contributed by atoms with Gasteiger partial charge >= 0.3 is 6.18 Å². The molecule has 1 nitrogen and oxygen atoms in total. The lowest BCUT2D eigenvalue weighted by Crippen LogP contribution is -2.07. The number of nitrogens with zero attached hydrogens (tertiary/aromatic N) is 1. The van der Waals surface area contributed by atoms with Gasteiger partial charge in [-0.15, -0.1) is 0 Å². The molecular weight excluding hydrogens is 263 g/mol. The summed E-state index contributed by atoms with van der Waals surface area (Å²) in [4.78, 5) is 4.09. The second-order valence-electron chi connectivity index (χ2n) is 4.04. The molecule has 0 saturated heterocycles. The van der Waals surface area contributed by atoms with Crippen LogP contribution in [0.15, 0.2) is 24.3 Å². The van der Waals surface area contributed by atoms with Crippen LogP contribution in [-0.4, -0.2) is 4.98 Å². The number of aromatic nitrogens is 1. The molecule has 0 aliphatic heterocycles. The highest BCUT2D eigenvalue weighted by Gasteiger charge is 2.33. The number of para-hydroxylation sites is 1. The van der Waals surface area contributed by atoms with Gasteiger partial charge in [-0.1, -0.05) is 37.1 Å². The Morgan fingerprint density at radius 1 is 1.28 bits per heavy atom. The van der Waals surface area contributed by atoms with Crippen LogP contribution in [-0.2, 0) is 12.6 Å². The van der Waals surface area contributed by atoms with E-state index < -0.39 is 11.7 Å². The monoisotopic (exact) mass is 273 g/mol. The van der Waals surface area contributed by atoms with Gasteiger partial charge in [-0.3, -0.25) is 4.98 Å². The van der Waals surface area contributed by atoms with Crippen molar-refractivity contribution in [3.05, 3.63) is 40.5 Å². The number of hydrogen-bond donors (Lipinski definition) is 0. The van der Waals surface area contributed by atoms with Crippen LogP contribution in [0.2, 0.25) is 5.02 Å². The largest absolute Gasteiger partial charge is 0.418 e. The van der Waals surface area contributed by atoms with Gasteiger partial charge in [0.15, 0.2) is 0 Å². The molecule has 1 aromatic carbocycles. The highest BCUT2D eigenvalue weighted by Crippen LogP contribution is 2.36. The van der Waals surface area contributed by atoms with Crippen LogP contribution in [0.1, 0.15) is 24.6 Å². The Labute approximate surface area is 108 Å². The van der Waals surface area contributed by atoms with Gasteiger partial charge in [-0.05, 0) is 18.6 Å². The Morgan fingerprint density at radius 3 is 2.61 bits per heavy atom. The van der Waals surface area contributed by atoms with Crippen LogP contribution >= 0.6 is 11.6 Å². The van der Waals surface area contributed by atoms with Crippen molar-refractivity contribution in [3.8, 4) is 0 Å². The van der Waals surface area contributed by atoms with Gasteiger partial charge < -0.3 is 0 Å². The van der Waals surface area contributed by atoms with E-state index in [0.717, 1.165) is 12.5 Å². The van der Waals surface area contributed by atoms with Gasteiger partial charge in [0.05, 0.1) is 16.1 Å². The van der Waals surface area contributed by atoms with Crippen LogP contribution in [0.3, 0.4) is 0 Å². The fraction of sp³-hybridized carbons (Fsp3) is 0.308. The lowest BCUT2D eigenvalue weighted by atomic mass is 10.1. The van der Waals surface area contributed by atoms with Crippen LogP contribution < -0.4 is 0 Å². The first-order valence-corrected chi connectivity index (χ1v) is 5.96. The van der Waals surface area contributed by atoms with Crippen molar-refractivity contribution in [3.63, 3.8) is 0 Å². The highest BCUT2D eigenvalue weighted by molar-refractivity contribution is 6.35. The minimum absolute atomic E-state index is 0.0686. The number of halogens is 4. The number of alkyl halides is 3. The molecule has 0 amide bonds. The zero-order valence-corrected chi connectivity index (χ0v) is 10.4. The van der Waals surface area contributed by atoms with E-state index in [0.29, 0.717) is 22.5 Å². The maximum absolute atomic E-state index is 12.9. The van der Waals surface area contributed by atoms with Crippen LogP contribution in [0.5, 0.6) is 0 Å². The SMILES string of the molecule is CCCc1cc(Cl)c2cccc(C(F)(F)F)c2n1. The summed E-state index contributed by atoms with van der Waals surface area (Å²) < 4.78 is 38.7. The van der Waals surface area contributed by atoms with E-state index in [9.17, 15) is 13.2 Å². The maximum Gasteiger partial charge on any atom is 0.418 e. The molecule has 1 heterocycles. The van der Waals surface area contributed by atoms with Crippen LogP contribution in [0, 0.1) is 0 Å². The lowest BCUT2D eigenvalue weighted by Gasteiger charge is -2.11. The Kier molecular flexibility index (Phi) is 3.48. The zero-order chi connectivity index (χ0) is 13.3. The summed E-state index contributed by atoms with van der Waals surface area (Å²) in [5, 5.41) is 0.654. The summed E-state index contributed by atoms with van der Waals surface area (Å²) in [6.07, 6.45) is -2.99. The minimum atomic E-state index is -4.42. The maximum atomic E-state index is 12.9. The predicted octanol–water partition coefficient (Wildman–Crippen LogP) is 4.86. The normalized spacial score (nSPS) is 12.1. The fourth-order valence-electron chi connectivity index (χ4n) is 1.87. The summed E-state index contributed by atoms with van der Waals surface area (Å²) in [5.74, 6) is 0. The number of fused-ring (bicyclic) bond motifs is 1. The van der Waals surface area contributed by atoms with Gasteiger partial charge in [0.2, 0.25) is 0 Å². The topological polar surface area (TPSA) is 12.9 Å². The molecule has 0 fully saturated rings. The van der Waals surface area contributed by atoms with E-state index in [4.69, 9.17) is 11.6 Å². The Morgan fingerprint density at radius 2 is 2.00 bits per heavy atom. The average Bonchev–Trinajstić information content (AvgIpc) is 2.27. The van der Waals surface area contributed by atoms with Gasteiger partial charge in [-0.25, -0.2) is 0 Å². The molecule has 0 aliphatic rings. The highest BCUT2D eigenvalue weighted by atomic mass is 35.5. The van der Waals surface area contributed by atoms with Gasteiger partial charge in [-0.2, -0.15) is 13.2 Å². The molecule has 2 rings (SSSR count). The molecule has 0 unspecified atom stereocenters. The number of aryl methyl sites for hydroxylation is 1. The van der Waals surface area contributed by atoms with E-state index >= 15 is 0 Å². The van der Waals surface area contributed by atoms with Gasteiger partial charge in [0.25, 0.3) is 0 Å². The third kappa shape index (κ3) is 2.43. The first kappa shape index (κ1) is 13.1. The van der Waals surface area contributed by atoms with Gasteiger partial charge in [0, 0.05) is 11.1 Å². The van der Waals surface area contributed by atoms with Crippen molar-refractivity contribution in [2.75, 3.05) is 0 Å². The fourth-order valence-corrected chi connectivity index (χ4v) is 2.15. The summed E-state index contributed by atoms with van der Waals surface area (Å²) in [7, 11) is 0. The predicted molar refractivity (Wildman–Crippen MR) is 65.8 cm³/mol. The van der Waals surface area contributed by atoms with E-state index in [1.54, 1.807) is 12.1 Å². The second-order valence-corrected chi connectivity index (χ2v) is 4.45. The summed E-state index contributed by atoms with van der Waals surface area (Å²) in [6, 6.07) is 5.56. The van der Waals surface area contributed by atoms with E-state index in [2.05, 4.69) is 4.98 Å². The molecule has 0 saturated carbocycles. The van der Waals surface area contributed by atoms with Gasteiger partial charge in [0.1, 0.15) is 0 Å². The molecule has 2 aromatic rings. The molecule has 1 aromatic heterocycles. The molecule has 18 heavy (non-hydrogen) atoms. The van der Waals surface area contributed by atoms with Crippen LogP contribution in [0.25, 0.3) is 10.9 Å². The Hall–Kier alpha value is -1.29. The number of pyridine rings is 1. The average molecular weight is 274 g/mol. The van der Waals surface area contributed by atoms with E-state index in [-0.39, 0.29) is 5.52 Å². The Bertz CT molecular complexity index is 578. The third-order valence-electron chi connectivity index (χ3n) is 2.65. The van der Waals surface area contributed by atoms with Crippen molar-refractivity contribution < 1.29 is 13.2 Å². The second kappa shape index (κ2) is 4.76. The van der Waals surface area contributed by atoms with Crippen molar-refractivity contribution in [1.82, 2.24) is 4.98 Å². The third-order valence-corrected chi connectivity index (χ3v) is 2.97. The summed E-state index contributed by atoms with van der Waals surface area (Å²) >= 11 is 6.01. The molecule has 0 bridgehead atoms. The Balaban J connectivity index is 2.74.